The molecule has 1 aromatic heterocycles. The summed E-state index contributed by atoms with van der Waals surface area (Å²) in [5, 5.41) is 10.7. The number of hydrogen-bond donors (Lipinski definition) is 2. The maximum Gasteiger partial charge on any atom is 0.273 e. The Morgan fingerprint density at radius 3 is 2.58 bits per heavy atom. The fourth-order valence-electron chi connectivity index (χ4n) is 3.82. The lowest BCUT2D eigenvalue weighted by molar-refractivity contribution is 0.0601. The summed E-state index contributed by atoms with van der Waals surface area (Å²) in [4.78, 5) is 14.8. The molecule has 3 heterocycles. The summed E-state index contributed by atoms with van der Waals surface area (Å²) in [5.74, 6) is 0.0392. The van der Waals surface area contributed by atoms with Gasteiger partial charge in [0, 0.05) is 25.2 Å². The molecule has 1 aromatic carbocycles. The average molecular weight is 389 g/mol. The molecule has 24 heavy (non-hydrogen) atoms. The lowest BCUT2D eigenvalue weighted by Crippen LogP contribution is -2.44. The van der Waals surface area contributed by atoms with Gasteiger partial charge in [0.15, 0.2) is 0 Å². The van der Waals surface area contributed by atoms with Crippen molar-refractivity contribution in [1.29, 1.82) is 0 Å². The van der Waals surface area contributed by atoms with Crippen LogP contribution in [0.3, 0.4) is 0 Å². The third-order valence-corrected chi connectivity index (χ3v) is 6.18. The summed E-state index contributed by atoms with van der Waals surface area (Å²) in [5.41, 5.74) is 2.74. The molecule has 0 aliphatic carbocycles. The Kier molecular flexibility index (Phi) is 4.18. The lowest BCUT2D eigenvalue weighted by Gasteiger charge is -2.38. The molecule has 1 spiro atoms. The van der Waals surface area contributed by atoms with Crippen molar-refractivity contribution in [2.24, 2.45) is 5.41 Å². The predicted octanol–water partition coefficient (Wildman–Crippen LogP) is 3.05. The number of nitrogens with one attached hydrogen (secondary N) is 2. The van der Waals surface area contributed by atoms with Gasteiger partial charge in [-0.2, -0.15) is 5.10 Å². The number of likely N-dealkylation sites (tertiary alicyclic amines) is 1. The lowest BCUT2D eigenvalue weighted by atomic mass is 9.78. The number of nitrogens with zero attached hydrogens (tertiary/aromatic N) is 2. The van der Waals surface area contributed by atoms with Crippen molar-refractivity contribution in [2.45, 2.75) is 19.3 Å². The first-order valence-electron chi connectivity index (χ1n) is 8.48. The SMILES string of the molecule is O=C(c1[nH]nc(-c2ccccc2)c1Br)N1CCC2(CCNC2)CC1. The number of carbonyl (C=O) groups excluding carboxylic acids is 1. The second-order valence-corrected chi connectivity index (χ2v) is 7.64. The van der Waals surface area contributed by atoms with Crippen LogP contribution in [0.5, 0.6) is 0 Å². The van der Waals surface area contributed by atoms with E-state index in [0.29, 0.717) is 11.1 Å². The van der Waals surface area contributed by atoms with Crippen molar-refractivity contribution in [2.75, 3.05) is 26.2 Å². The van der Waals surface area contributed by atoms with Gasteiger partial charge in [0.05, 0.1) is 4.47 Å². The normalized spacial score (nSPS) is 19.8. The first kappa shape index (κ1) is 15.8. The number of rotatable bonds is 2. The van der Waals surface area contributed by atoms with Crippen LogP contribution < -0.4 is 5.32 Å². The third kappa shape index (κ3) is 2.78. The smallest absolute Gasteiger partial charge is 0.273 e. The van der Waals surface area contributed by atoms with Crippen molar-refractivity contribution in [3.63, 3.8) is 0 Å². The second kappa shape index (κ2) is 6.33. The minimum absolute atomic E-state index is 0.0392. The molecule has 6 heteroatoms. The number of halogens is 1. The highest BCUT2D eigenvalue weighted by atomic mass is 79.9. The highest BCUT2D eigenvalue weighted by Gasteiger charge is 2.38. The van der Waals surface area contributed by atoms with Crippen molar-refractivity contribution >= 4 is 21.8 Å². The van der Waals surface area contributed by atoms with Gasteiger partial charge < -0.3 is 10.2 Å². The van der Waals surface area contributed by atoms with Gasteiger partial charge in [-0.3, -0.25) is 9.89 Å². The third-order valence-electron chi connectivity index (χ3n) is 5.41. The predicted molar refractivity (Wildman–Crippen MR) is 96.8 cm³/mol. The van der Waals surface area contributed by atoms with Crippen LogP contribution in [0.15, 0.2) is 34.8 Å². The monoisotopic (exact) mass is 388 g/mol. The molecule has 2 saturated heterocycles. The molecule has 4 rings (SSSR count). The van der Waals surface area contributed by atoms with Crippen LogP contribution in [-0.2, 0) is 0 Å². The van der Waals surface area contributed by atoms with Gasteiger partial charge in [0.1, 0.15) is 11.4 Å². The molecule has 0 bridgehead atoms. The first-order chi connectivity index (χ1) is 11.7. The average Bonchev–Trinajstić information content (AvgIpc) is 3.23. The highest BCUT2D eigenvalue weighted by Crippen LogP contribution is 2.38. The first-order valence-corrected chi connectivity index (χ1v) is 9.27. The molecule has 2 fully saturated rings. The zero-order valence-corrected chi connectivity index (χ0v) is 15.1. The van der Waals surface area contributed by atoms with E-state index >= 15 is 0 Å². The molecule has 0 atom stereocenters. The number of amides is 1. The van der Waals surface area contributed by atoms with Crippen molar-refractivity contribution in [3.05, 3.63) is 40.5 Å². The van der Waals surface area contributed by atoms with E-state index in [1.807, 2.05) is 35.2 Å². The van der Waals surface area contributed by atoms with Gasteiger partial charge in [0.2, 0.25) is 0 Å². The Hall–Kier alpha value is -1.66. The number of piperidine rings is 1. The summed E-state index contributed by atoms with van der Waals surface area (Å²) in [6.45, 7) is 3.86. The van der Waals surface area contributed by atoms with E-state index in [1.54, 1.807) is 0 Å². The molecule has 2 N–H and O–H groups in total. The Morgan fingerprint density at radius 1 is 1.17 bits per heavy atom. The Bertz CT molecular complexity index is 727. The number of carbonyl (C=O) groups is 1. The molecule has 2 aliphatic heterocycles. The number of H-pyrrole nitrogens is 1. The van der Waals surface area contributed by atoms with E-state index < -0.39 is 0 Å². The second-order valence-electron chi connectivity index (χ2n) is 6.85. The van der Waals surface area contributed by atoms with Crippen molar-refractivity contribution in [1.82, 2.24) is 20.4 Å². The summed E-state index contributed by atoms with van der Waals surface area (Å²) in [6.07, 6.45) is 3.41. The van der Waals surface area contributed by atoms with Gasteiger partial charge in [-0.15, -0.1) is 0 Å². The van der Waals surface area contributed by atoms with Crippen LogP contribution in [0.4, 0.5) is 0 Å². The van der Waals surface area contributed by atoms with Gasteiger partial charge in [-0.1, -0.05) is 30.3 Å². The quantitative estimate of drug-likeness (QED) is 0.830. The standard InChI is InChI=1S/C18H21BrN4O/c19-14-15(13-4-2-1-3-5-13)21-22-16(14)17(24)23-10-7-18(8-11-23)6-9-20-12-18/h1-5,20H,6-12H2,(H,21,22). The number of hydrogen-bond acceptors (Lipinski definition) is 3. The van der Waals surface area contributed by atoms with E-state index in [9.17, 15) is 4.79 Å². The molecule has 2 aromatic rings. The van der Waals surface area contributed by atoms with E-state index in [1.165, 1.54) is 6.42 Å². The van der Waals surface area contributed by atoms with Gasteiger partial charge in [0.25, 0.3) is 5.91 Å². The van der Waals surface area contributed by atoms with E-state index in [2.05, 4.69) is 31.4 Å². The topological polar surface area (TPSA) is 61.0 Å². The minimum atomic E-state index is 0.0392. The Labute approximate surface area is 149 Å². The van der Waals surface area contributed by atoms with Crippen molar-refractivity contribution < 1.29 is 4.79 Å². The van der Waals surface area contributed by atoms with Crippen LogP contribution in [-0.4, -0.2) is 47.2 Å². The Morgan fingerprint density at radius 2 is 1.92 bits per heavy atom. The molecular weight excluding hydrogens is 368 g/mol. The number of benzene rings is 1. The van der Waals surface area contributed by atoms with Gasteiger partial charge in [-0.25, -0.2) is 0 Å². The molecule has 0 unspecified atom stereocenters. The molecular formula is C18H21BrN4O. The highest BCUT2D eigenvalue weighted by molar-refractivity contribution is 9.10. The zero-order chi connectivity index (χ0) is 16.6. The van der Waals surface area contributed by atoms with Crippen molar-refractivity contribution in [3.8, 4) is 11.3 Å². The van der Waals surface area contributed by atoms with Crippen LogP contribution >= 0.6 is 15.9 Å². The summed E-state index contributed by atoms with van der Waals surface area (Å²) in [6, 6.07) is 9.90. The largest absolute Gasteiger partial charge is 0.337 e. The van der Waals surface area contributed by atoms with Crippen LogP contribution in [0.2, 0.25) is 0 Å². The number of aromatic amines is 1. The molecule has 126 valence electrons. The summed E-state index contributed by atoms with van der Waals surface area (Å²) in [7, 11) is 0. The maximum absolute atomic E-state index is 12.9. The van der Waals surface area contributed by atoms with E-state index in [-0.39, 0.29) is 5.91 Å². The molecule has 0 saturated carbocycles. The fourth-order valence-corrected chi connectivity index (χ4v) is 4.40. The van der Waals surface area contributed by atoms with Gasteiger partial charge in [-0.05, 0) is 47.2 Å². The van der Waals surface area contributed by atoms with E-state index in [4.69, 9.17) is 0 Å². The fraction of sp³-hybridized carbons (Fsp3) is 0.444. The molecule has 0 radical (unpaired) electrons. The number of aromatic nitrogens is 2. The van der Waals surface area contributed by atoms with Crippen LogP contribution in [0, 0.1) is 5.41 Å². The summed E-state index contributed by atoms with van der Waals surface area (Å²) < 4.78 is 0.751. The van der Waals surface area contributed by atoms with E-state index in [0.717, 1.165) is 54.8 Å². The Balaban J connectivity index is 1.50. The maximum atomic E-state index is 12.9. The van der Waals surface area contributed by atoms with Gasteiger partial charge >= 0.3 is 0 Å². The molecule has 2 aliphatic rings. The van der Waals surface area contributed by atoms with Crippen LogP contribution in [0.25, 0.3) is 11.3 Å². The molecule has 1 amide bonds. The van der Waals surface area contributed by atoms with Crippen LogP contribution in [0.1, 0.15) is 29.8 Å². The zero-order valence-electron chi connectivity index (χ0n) is 13.5. The molecule has 5 nitrogen and oxygen atoms in total. The minimum Gasteiger partial charge on any atom is -0.337 e. The summed E-state index contributed by atoms with van der Waals surface area (Å²) >= 11 is 3.56.